The number of nitrogens with zero attached hydrogens (tertiary/aromatic N) is 2. The Bertz CT molecular complexity index is 856. The number of hydrogen-bond donors (Lipinski definition) is 1. The number of aliphatic imine (C=N–C) groups is 1. The van der Waals surface area contributed by atoms with Gasteiger partial charge in [0.2, 0.25) is 0 Å². The third-order valence-corrected chi connectivity index (χ3v) is 4.95. The summed E-state index contributed by atoms with van der Waals surface area (Å²) in [5.74, 6) is -0.496. The zero-order valence-corrected chi connectivity index (χ0v) is 16.4. The van der Waals surface area contributed by atoms with Gasteiger partial charge in [0.15, 0.2) is 0 Å². The van der Waals surface area contributed by atoms with E-state index in [9.17, 15) is 9.59 Å². The number of benzene rings is 1. The van der Waals surface area contributed by atoms with E-state index in [1.807, 2.05) is 46.7 Å². The minimum Gasteiger partial charge on any atom is -0.459 e. The quantitative estimate of drug-likeness (QED) is 0.632. The lowest BCUT2D eigenvalue weighted by molar-refractivity contribution is -0.156. The van der Waals surface area contributed by atoms with Crippen molar-refractivity contribution in [3.8, 4) is 0 Å². The number of para-hydroxylation sites is 2. The van der Waals surface area contributed by atoms with Crippen molar-refractivity contribution in [2.24, 2.45) is 10.7 Å². The Morgan fingerprint density at radius 2 is 2.07 bits per heavy atom. The topological polar surface area (TPSA) is 85.0 Å². The van der Waals surface area contributed by atoms with Crippen LogP contribution in [0.1, 0.15) is 25.6 Å². The molecule has 27 heavy (non-hydrogen) atoms. The van der Waals surface area contributed by atoms with Crippen molar-refractivity contribution in [3.63, 3.8) is 0 Å². The molecule has 7 heteroatoms. The highest BCUT2D eigenvalue weighted by atomic mass is 32.1. The molecule has 3 rings (SSSR count). The van der Waals surface area contributed by atoms with E-state index < -0.39 is 23.7 Å². The van der Waals surface area contributed by atoms with Gasteiger partial charge in [0.25, 0.3) is 0 Å². The van der Waals surface area contributed by atoms with Crippen LogP contribution in [-0.2, 0) is 14.3 Å². The van der Waals surface area contributed by atoms with Crippen LogP contribution >= 0.6 is 11.3 Å². The molecule has 0 spiro atoms. The summed E-state index contributed by atoms with van der Waals surface area (Å²) in [6, 6.07) is 9.87. The summed E-state index contributed by atoms with van der Waals surface area (Å²) in [7, 11) is 0. The van der Waals surface area contributed by atoms with Crippen LogP contribution in [0.3, 0.4) is 0 Å². The number of carbonyl (C=O) groups is 2. The van der Waals surface area contributed by atoms with Crippen LogP contribution in [0.15, 0.2) is 46.8 Å². The van der Waals surface area contributed by atoms with Crippen LogP contribution in [0.5, 0.6) is 0 Å². The number of anilines is 1. The Morgan fingerprint density at radius 1 is 1.33 bits per heavy atom. The van der Waals surface area contributed by atoms with Gasteiger partial charge in [0.05, 0.1) is 22.0 Å². The van der Waals surface area contributed by atoms with Crippen LogP contribution in [0.2, 0.25) is 0 Å². The highest BCUT2D eigenvalue weighted by molar-refractivity contribution is 7.12. The van der Waals surface area contributed by atoms with E-state index in [0.29, 0.717) is 5.71 Å². The minimum absolute atomic E-state index is 0.153. The molecule has 6 nitrogen and oxygen atoms in total. The molecular weight excluding hydrogens is 362 g/mol. The standard InChI is InChI=1S/C20H23N3O3S/c1-20(2,3)26-19(25)13(21)11-23-15-8-5-4-7-14(15)22-18(16(23)12-24)17-9-6-10-27-17/h4-10,12-13,16H,11,21H2,1-3H3. The molecule has 1 aliphatic rings. The number of fused-ring (bicyclic) bond motifs is 1. The first-order valence-corrected chi connectivity index (χ1v) is 9.60. The maximum Gasteiger partial charge on any atom is 0.325 e. The van der Waals surface area contributed by atoms with Gasteiger partial charge in [-0.25, -0.2) is 4.99 Å². The van der Waals surface area contributed by atoms with Gasteiger partial charge in [0.1, 0.15) is 24.0 Å². The van der Waals surface area contributed by atoms with E-state index in [2.05, 4.69) is 0 Å². The minimum atomic E-state index is -0.887. The average molecular weight is 385 g/mol. The SMILES string of the molecule is CC(C)(C)OC(=O)C(N)CN1c2ccccc2N=C(c2cccs2)C1C=O. The van der Waals surface area contributed by atoms with Crippen LogP contribution < -0.4 is 10.6 Å². The van der Waals surface area contributed by atoms with E-state index >= 15 is 0 Å². The van der Waals surface area contributed by atoms with E-state index in [-0.39, 0.29) is 6.54 Å². The second-order valence-corrected chi connectivity index (χ2v) is 8.28. The smallest absolute Gasteiger partial charge is 0.325 e. The van der Waals surface area contributed by atoms with Gasteiger partial charge >= 0.3 is 5.97 Å². The van der Waals surface area contributed by atoms with Gasteiger partial charge in [-0.2, -0.15) is 0 Å². The molecule has 0 fully saturated rings. The van der Waals surface area contributed by atoms with Crippen molar-refractivity contribution in [1.82, 2.24) is 0 Å². The number of aldehydes is 1. The fourth-order valence-electron chi connectivity index (χ4n) is 2.93. The molecular formula is C20H23N3O3S. The summed E-state index contributed by atoms with van der Waals surface area (Å²) in [6.07, 6.45) is 0.844. The Hall–Kier alpha value is -2.51. The number of rotatable bonds is 5. The van der Waals surface area contributed by atoms with Gasteiger partial charge in [-0.15, -0.1) is 11.3 Å². The predicted molar refractivity (Wildman–Crippen MR) is 108 cm³/mol. The zero-order chi connectivity index (χ0) is 19.6. The van der Waals surface area contributed by atoms with E-state index in [4.69, 9.17) is 15.5 Å². The number of thiophene rings is 1. The van der Waals surface area contributed by atoms with Gasteiger partial charge in [-0.05, 0) is 44.4 Å². The number of ether oxygens (including phenoxy) is 1. The molecule has 0 saturated heterocycles. The highest BCUT2D eigenvalue weighted by Crippen LogP contribution is 2.36. The first-order valence-electron chi connectivity index (χ1n) is 8.72. The second-order valence-electron chi connectivity index (χ2n) is 7.34. The van der Waals surface area contributed by atoms with Crippen LogP contribution in [0.4, 0.5) is 11.4 Å². The van der Waals surface area contributed by atoms with Crippen molar-refractivity contribution in [3.05, 3.63) is 46.7 Å². The summed E-state index contributed by atoms with van der Waals surface area (Å²) in [5.41, 5.74) is 7.68. The normalized spacial score (nSPS) is 17.7. The molecule has 0 bridgehead atoms. The number of hydrogen-bond acceptors (Lipinski definition) is 7. The lowest BCUT2D eigenvalue weighted by atomic mass is 10.0. The van der Waals surface area contributed by atoms with Crippen molar-refractivity contribution in [2.45, 2.75) is 38.5 Å². The first-order chi connectivity index (χ1) is 12.8. The summed E-state index contributed by atoms with van der Waals surface area (Å²) in [6.45, 7) is 5.54. The Labute approximate surface area is 162 Å². The number of carbonyl (C=O) groups excluding carboxylic acids is 2. The first kappa shape index (κ1) is 19.3. The van der Waals surface area contributed by atoms with Gasteiger partial charge in [-0.1, -0.05) is 18.2 Å². The van der Waals surface area contributed by atoms with Crippen molar-refractivity contribution < 1.29 is 14.3 Å². The second kappa shape index (κ2) is 7.62. The summed E-state index contributed by atoms with van der Waals surface area (Å²) in [4.78, 5) is 31.8. The zero-order valence-electron chi connectivity index (χ0n) is 15.6. The molecule has 1 aromatic carbocycles. The Kier molecular flexibility index (Phi) is 5.43. The molecule has 2 atom stereocenters. The molecule has 0 saturated carbocycles. The molecule has 0 aliphatic carbocycles. The molecule has 0 amide bonds. The number of esters is 1. The third kappa shape index (κ3) is 4.26. The lowest BCUT2D eigenvalue weighted by Gasteiger charge is -2.36. The fraction of sp³-hybridized carbons (Fsp3) is 0.350. The summed E-state index contributed by atoms with van der Waals surface area (Å²) < 4.78 is 5.39. The molecule has 2 unspecified atom stereocenters. The number of nitrogens with two attached hydrogens (primary N) is 1. The Balaban J connectivity index is 1.94. The molecule has 142 valence electrons. The van der Waals surface area contributed by atoms with Crippen molar-refractivity contribution in [1.29, 1.82) is 0 Å². The van der Waals surface area contributed by atoms with E-state index in [0.717, 1.165) is 22.5 Å². The monoisotopic (exact) mass is 385 g/mol. The molecule has 2 heterocycles. The van der Waals surface area contributed by atoms with E-state index in [1.165, 1.54) is 11.3 Å². The van der Waals surface area contributed by atoms with Gasteiger partial charge < -0.3 is 20.2 Å². The Morgan fingerprint density at radius 3 is 2.70 bits per heavy atom. The largest absolute Gasteiger partial charge is 0.459 e. The predicted octanol–water partition coefficient (Wildman–Crippen LogP) is 2.93. The fourth-order valence-corrected chi connectivity index (χ4v) is 3.68. The van der Waals surface area contributed by atoms with Gasteiger partial charge in [-0.3, -0.25) is 4.79 Å². The maximum atomic E-state index is 12.4. The molecule has 2 aromatic rings. The molecule has 1 aliphatic heterocycles. The average Bonchev–Trinajstić information content (AvgIpc) is 3.14. The third-order valence-electron chi connectivity index (χ3n) is 4.05. The van der Waals surface area contributed by atoms with Crippen LogP contribution in [0, 0.1) is 0 Å². The molecule has 0 radical (unpaired) electrons. The maximum absolute atomic E-state index is 12.4. The van der Waals surface area contributed by atoms with Crippen LogP contribution in [0.25, 0.3) is 0 Å². The highest BCUT2D eigenvalue weighted by Gasteiger charge is 2.34. The molecule has 1 aromatic heterocycles. The lowest BCUT2D eigenvalue weighted by Crippen LogP contribution is -2.52. The van der Waals surface area contributed by atoms with Crippen LogP contribution in [-0.4, -0.2) is 42.2 Å². The summed E-state index contributed by atoms with van der Waals surface area (Å²) in [5, 5.41) is 1.94. The van der Waals surface area contributed by atoms with E-state index in [1.54, 1.807) is 20.8 Å². The van der Waals surface area contributed by atoms with Crippen molar-refractivity contribution >= 4 is 40.7 Å². The molecule has 2 N–H and O–H groups in total. The van der Waals surface area contributed by atoms with Crippen molar-refractivity contribution in [2.75, 3.05) is 11.4 Å². The summed E-state index contributed by atoms with van der Waals surface area (Å²) >= 11 is 1.52. The van der Waals surface area contributed by atoms with Gasteiger partial charge in [0, 0.05) is 6.54 Å².